The molecule has 0 aliphatic rings. The van der Waals surface area contributed by atoms with E-state index in [2.05, 4.69) is 5.32 Å². The summed E-state index contributed by atoms with van der Waals surface area (Å²) in [4.78, 5) is 28.2. The number of hydrogen-bond acceptors (Lipinski definition) is 6. The number of nitrogens with zero attached hydrogens (tertiary/aromatic N) is 3. The number of amides is 2. The van der Waals surface area contributed by atoms with E-state index >= 15 is 0 Å². The number of nitrogens with one attached hydrogen (secondary N) is 1. The van der Waals surface area contributed by atoms with Crippen molar-refractivity contribution in [2.24, 2.45) is 0 Å². The quantitative estimate of drug-likeness (QED) is 0.405. The molecule has 0 aliphatic carbocycles. The number of carbonyl (C=O) groups is 2. The monoisotopic (exact) mass is 528 g/mol. The summed E-state index contributed by atoms with van der Waals surface area (Å²) in [5.41, 5.74) is 1.18. The molecule has 1 heterocycles. The minimum Gasteiger partial charge on any atom is -0.493 e. The molecule has 0 aliphatic heterocycles. The van der Waals surface area contributed by atoms with Gasteiger partial charge in [-0.1, -0.05) is 18.2 Å². The number of carbonyl (C=O) groups excluding carboxylic acids is 2. The molecule has 37 heavy (non-hydrogen) atoms. The molecule has 0 bridgehead atoms. The van der Waals surface area contributed by atoms with Crippen molar-refractivity contribution in [3.8, 4) is 11.5 Å². The van der Waals surface area contributed by atoms with E-state index in [1.807, 2.05) is 13.8 Å². The summed E-state index contributed by atoms with van der Waals surface area (Å²) in [6.45, 7) is 4.53. The molecule has 0 saturated carbocycles. The molecule has 0 unspecified atom stereocenters. The second kappa shape index (κ2) is 11.5. The lowest BCUT2D eigenvalue weighted by Gasteiger charge is -2.21. The Morgan fingerprint density at radius 3 is 2.24 bits per heavy atom. The Bertz CT molecular complexity index is 1440. The second-order valence-electron chi connectivity index (χ2n) is 8.25. The van der Waals surface area contributed by atoms with Crippen LogP contribution in [0.25, 0.3) is 17.0 Å². The number of rotatable bonds is 10. The van der Waals surface area contributed by atoms with Crippen molar-refractivity contribution in [1.29, 1.82) is 0 Å². The molecule has 2 amide bonds. The van der Waals surface area contributed by atoms with Crippen LogP contribution < -0.4 is 14.8 Å². The fraction of sp³-hybridized carbons (Fsp3) is 0.308. The van der Waals surface area contributed by atoms with E-state index in [4.69, 9.17) is 9.47 Å². The molecule has 0 atom stereocenters. The van der Waals surface area contributed by atoms with Crippen molar-refractivity contribution in [3.63, 3.8) is 0 Å². The van der Waals surface area contributed by atoms with Gasteiger partial charge in [0.1, 0.15) is 5.70 Å². The number of ether oxygens (including phenoxy) is 2. The first kappa shape index (κ1) is 27.8. The van der Waals surface area contributed by atoms with Gasteiger partial charge >= 0.3 is 10.2 Å². The molecule has 0 radical (unpaired) electrons. The van der Waals surface area contributed by atoms with Crippen molar-refractivity contribution in [3.05, 3.63) is 65.5 Å². The SMILES string of the molecule is CCN(CC)C(=O)C(=Cc1cn(S(=O)(=O)N(C)C)c2ccccc12)NC(=O)c1ccc(OC)c(OC)c1. The maximum absolute atomic E-state index is 13.4. The third-order valence-electron chi connectivity index (χ3n) is 5.89. The molecule has 0 saturated heterocycles. The first-order valence-electron chi connectivity index (χ1n) is 11.7. The third-order valence-corrected chi connectivity index (χ3v) is 7.62. The van der Waals surface area contributed by atoms with Gasteiger partial charge in [0.05, 0.1) is 19.7 Å². The molecule has 0 fully saturated rings. The molecule has 1 N–H and O–H groups in total. The Labute approximate surface area is 217 Å². The van der Waals surface area contributed by atoms with Crippen molar-refractivity contribution >= 4 is 39.0 Å². The number of para-hydroxylation sites is 1. The summed E-state index contributed by atoms with van der Waals surface area (Å²) in [6, 6.07) is 11.6. The molecule has 0 spiro atoms. The van der Waals surface area contributed by atoms with E-state index in [1.165, 1.54) is 46.7 Å². The van der Waals surface area contributed by atoms with Crippen LogP contribution in [0.15, 0.2) is 54.4 Å². The first-order valence-corrected chi connectivity index (χ1v) is 13.1. The molecule has 2 aromatic carbocycles. The Hall–Kier alpha value is -3.83. The molecule has 3 rings (SSSR count). The molecule has 198 valence electrons. The summed E-state index contributed by atoms with van der Waals surface area (Å²) in [6.07, 6.45) is 2.95. The zero-order valence-corrected chi connectivity index (χ0v) is 22.6. The smallest absolute Gasteiger partial charge is 0.307 e. The lowest BCUT2D eigenvalue weighted by Crippen LogP contribution is -2.38. The minimum absolute atomic E-state index is 0.00800. The Balaban J connectivity index is 2.15. The Morgan fingerprint density at radius 1 is 1.00 bits per heavy atom. The largest absolute Gasteiger partial charge is 0.493 e. The number of hydrogen-bond donors (Lipinski definition) is 1. The fourth-order valence-electron chi connectivity index (χ4n) is 3.82. The van der Waals surface area contributed by atoms with Crippen LogP contribution in [0.3, 0.4) is 0 Å². The van der Waals surface area contributed by atoms with Gasteiger partial charge in [0, 0.05) is 49.9 Å². The highest BCUT2D eigenvalue weighted by Crippen LogP contribution is 2.28. The van der Waals surface area contributed by atoms with Crippen LogP contribution in [0.1, 0.15) is 29.8 Å². The number of benzene rings is 2. The topological polar surface area (TPSA) is 110 Å². The molecule has 1 aromatic heterocycles. The maximum atomic E-state index is 13.4. The van der Waals surface area contributed by atoms with Gasteiger partial charge in [-0.2, -0.15) is 12.7 Å². The van der Waals surface area contributed by atoms with Crippen molar-refractivity contribution in [1.82, 2.24) is 18.5 Å². The Kier molecular flexibility index (Phi) is 8.61. The highest BCUT2D eigenvalue weighted by Gasteiger charge is 2.23. The van der Waals surface area contributed by atoms with E-state index in [1.54, 1.807) is 41.3 Å². The van der Waals surface area contributed by atoms with Gasteiger partial charge in [-0.25, -0.2) is 3.97 Å². The molecule has 3 aromatic rings. The molecular formula is C26H32N4O6S. The van der Waals surface area contributed by atoms with E-state index in [-0.39, 0.29) is 11.3 Å². The van der Waals surface area contributed by atoms with Gasteiger partial charge in [0.25, 0.3) is 11.8 Å². The van der Waals surface area contributed by atoms with Crippen LogP contribution in [-0.2, 0) is 15.0 Å². The average Bonchev–Trinajstić information content (AvgIpc) is 3.27. The van der Waals surface area contributed by atoms with E-state index in [9.17, 15) is 18.0 Å². The summed E-state index contributed by atoms with van der Waals surface area (Å²) >= 11 is 0. The molecule has 11 heteroatoms. The van der Waals surface area contributed by atoms with Gasteiger partial charge in [-0.3, -0.25) is 9.59 Å². The van der Waals surface area contributed by atoms with Crippen molar-refractivity contribution < 1.29 is 27.5 Å². The maximum Gasteiger partial charge on any atom is 0.307 e. The summed E-state index contributed by atoms with van der Waals surface area (Å²) < 4.78 is 38.7. The number of likely N-dealkylation sites (N-methyl/N-ethyl adjacent to an activating group) is 1. The Morgan fingerprint density at radius 2 is 1.65 bits per heavy atom. The standard InChI is InChI=1S/C26H32N4O6S/c1-7-29(8-2)26(32)21(27-25(31)18-13-14-23(35-5)24(16-18)36-6)15-19-17-30(37(33,34)28(3)4)22-12-10-9-11-20(19)22/h9-17H,7-8H2,1-6H3,(H,27,31). The van der Waals surface area contributed by atoms with Crippen molar-refractivity contribution in [2.75, 3.05) is 41.4 Å². The molecular weight excluding hydrogens is 496 g/mol. The predicted octanol–water partition coefficient (Wildman–Crippen LogP) is 2.95. The normalized spacial score (nSPS) is 12.0. The minimum atomic E-state index is -3.83. The van der Waals surface area contributed by atoms with Crippen LogP contribution in [0.2, 0.25) is 0 Å². The van der Waals surface area contributed by atoms with Gasteiger partial charge in [0.2, 0.25) is 0 Å². The lowest BCUT2D eigenvalue weighted by atomic mass is 10.1. The second-order valence-corrected chi connectivity index (χ2v) is 10.3. The number of methoxy groups -OCH3 is 2. The van der Waals surface area contributed by atoms with Gasteiger partial charge < -0.3 is 19.7 Å². The van der Waals surface area contributed by atoms with E-state index < -0.39 is 22.0 Å². The van der Waals surface area contributed by atoms with Crippen LogP contribution in [0.4, 0.5) is 0 Å². The lowest BCUT2D eigenvalue weighted by molar-refractivity contribution is -0.127. The number of aromatic nitrogens is 1. The van der Waals surface area contributed by atoms with Crippen LogP contribution in [-0.4, -0.2) is 74.8 Å². The van der Waals surface area contributed by atoms with E-state index in [0.29, 0.717) is 41.1 Å². The zero-order valence-electron chi connectivity index (χ0n) is 21.8. The van der Waals surface area contributed by atoms with Gasteiger partial charge in [0.15, 0.2) is 11.5 Å². The number of fused-ring (bicyclic) bond motifs is 1. The average molecular weight is 529 g/mol. The zero-order chi connectivity index (χ0) is 27.3. The predicted molar refractivity (Wildman–Crippen MR) is 143 cm³/mol. The highest BCUT2D eigenvalue weighted by molar-refractivity contribution is 7.87. The third kappa shape index (κ3) is 5.62. The summed E-state index contributed by atoms with van der Waals surface area (Å²) in [5.74, 6) is -0.0971. The highest BCUT2D eigenvalue weighted by atomic mass is 32.2. The van der Waals surface area contributed by atoms with Gasteiger partial charge in [-0.05, 0) is 44.2 Å². The van der Waals surface area contributed by atoms with E-state index in [0.717, 1.165) is 8.28 Å². The van der Waals surface area contributed by atoms with Crippen LogP contribution >= 0.6 is 0 Å². The van der Waals surface area contributed by atoms with Crippen molar-refractivity contribution in [2.45, 2.75) is 13.8 Å². The van der Waals surface area contributed by atoms with Gasteiger partial charge in [-0.15, -0.1) is 0 Å². The van der Waals surface area contributed by atoms with Crippen LogP contribution in [0, 0.1) is 0 Å². The fourth-order valence-corrected chi connectivity index (χ4v) is 4.82. The molecule has 10 nitrogen and oxygen atoms in total. The first-order chi connectivity index (χ1) is 17.6. The summed E-state index contributed by atoms with van der Waals surface area (Å²) in [7, 11) is 2.01. The summed E-state index contributed by atoms with van der Waals surface area (Å²) in [5, 5.41) is 3.33. The van der Waals surface area contributed by atoms with Crippen LogP contribution in [0.5, 0.6) is 11.5 Å².